The zero-order valence-electron chi connectivity index (χ0n) is 9.86. The van der Waals surface area contributed by atoms with Crippen LogP contribution in [0.25, 0.3) is 0 Å². The number of rotatable bonds is 5. The second-order valence-corrected chi connectivity index (χ2v) is 4.48. The van der Waals surface area contributed by atoms with E-state index in [-0.39, 0.29) is 11.5 Å². The first-order chi connectivity index (χ1) is 7.09. The smallest absolute Gasteiger partial charge is 0.0477 e. The third kappa shape index (κ3) is 3.05. The first-order valence-corrected chi connectivity index (χ1v) is 5.39. The number of ether oxygens (including phenoxy) is 1. The average molecular weight is 207 g/mol. The second-order valence-electron chi connectivity index (χ2n) is 4.48. The van der Waals surface area contributed by atoms with Gasteiger partial charge in [0.05, 0.1) is 0 Å². The van der Waals surface area contributed by atoms with Crippen LogP contribution in [0.15, 0.2) is 30.3 Å². The van der Waals surface area contributed by atoms with Crippen LogP contribution in [-0.2, 0) is 10.2 Å². The number of benzene rings is 1. The molecular formula is C13H21NO. The fourth-order valence-corrected chi connectivity index (χ4v) is 1.69. The Labute approximate surface area is 92.4 Å². The highest BCUT2D eigenvalue weighted by atomic mass is 16.5. The van der Waals surface area contributed by atoms with Gasteiger partial charge in [0.2, 0.25) is 0 Å². The normalized spacial score (nSPS) is 13.9. The number of nitrogens with two attached hydrogens (primary N) is 1. The van der Waals surface area contributed by atoms with Crippen molar-refractivity contribution in [2.75, 3.05) is 13.7 Å². The summed E-state index contributed by atoms with van der Waals surface area (Å²) in [6, 6.07) is 10.5. The van der Waals surface area contributed by atoms with Gasteiger partial charge in [-0.25, -0.2) is 0 Å². The quantitative estimate of drug-likeness (QED) is 0.804. The Bertz CT molecular complexity index is 282. The monoisotopic (exact) mass is 207 g/mol. The van der Waals surface area contributed by atoms with Crippen molar-refractivity contribution in [1.29, 1.82) is 0 Å². The molecule has 1 aromatic rings. The molecule has 1 aromatic carbocycles. The molecule has 1 atom stereocenters. The van der Waals surface area contributed by atoms with Crippen LogP contribution < -0.4 is 5.73 Å². The van der Waals surface area contributed by atoms with Crippen LogP contribution in [0.3, 0.4) is 0 Å². The maximum Gasteiger partial charge on any atom is 0.0477 e. The minimum atomic E-state index is -0.000208. The summed E-state index contributed by atoms with van der Waals surface area (Å²) in [4.78, 5) is 0. The van der Waals surface area contributed by atoms with Crippen LogP contribution in [0.1, 0.15) is 25.8 Å². The van der Waals surface area contributed by atoms with Crippen molar-refractivity contribution in [3.63, 3.8) is 0 Å². The third-order valence-electron chi connectivity index (χ3n) is 3.08. The molecule has 0 aliphatic heterocycles. The van der Waals surface area contributed by atoms with E-state index in [0.717, 1.165) is 13.0 Å². The van der Waals surface area contributed by atoms with Gasteiger partial charge in [-0.15, -0.1) is 0 Å². The first-order valence-electron chi connectivity index (χ1n) is 5.39. The summed E-state index contributed by atoms with van der Waals surface area (Å²) in [5.74, 6) is 0. The van der Waals surface area contributed by atoms with E-state index in [1.165, 1.54) is 5.56 Å². The van der Waals surface area contributed by atoms with E-state index < -0.39 is 0 Å². The van der Waals surface area contributed by atoms with E-state index >= 15 is 0 Å². The predicted octanol–water partition coefficient (Wildman–Crippen LogP) is 2.33. The molecule has 0 saturated heterocycles. The van der Waals surface area contributed by atoms with Crippen LogP contribution in [0.4, 0.5) is 0 Å². The second kappa shape index (κ2) is 5.29. The molecule has 0 bridgehead atoms. The summed E-state index contributed by atoms with van der Waals surface area (Å²) in [6.45, 7) is 5.09. The molecule has 0 aromatic heterocycles. The summed E-state index contributed by atoms with van der Waals surface area (Å²) in [5, 5.41) is 0. The van der Waals surface area contributed by atoms with Crippen LogP contribution in [-0.4, -0.2) is 19.8 Å². The fraction of sp³-hybridized carbons (Fsp3) is 0.538. The lowest BCUT2D eigenvalue weighted by Crippen LogP contribution is -2.41. The Morgan fingerprint density at radius 1 is 1.27 bits per heavy atom. The molecule has 84 valence electrons. The van der Waals surface area contributed by atoms with Gasteiger partial charge in [0, 0.05) is 25.2 Å². The maximum atomic E-state index is 6.19. The Kier molecular flexibility index (Phi) is 4.30. The van der Waals surface area contributed by atoms with Crippen molar-refractivity contribution in [2.45, 2.75) is 31.7 Å². The molecule has 0 saturated carbocycles. The van der Waals surface area contributed by atoms with Gasteiger partial charge >= 0.3 is 0 Å². The topological polar surface area (TPSA) is 35.2 Å². The van der Waals surface area contributed by atoms with Gasteiger partial charge < -0.3 is 10.5 Å². The molecule has 0 amide bonds. The van der Waals surface area contributed by atoms with Crippen molar-refractivity contribution in [2.24, 2.45) is 5.73 Å². The van der Waals surface area contributed by atoms with Gasteiger partial charge in [-0.1, -0.05) is 44.2 Å². The van der Waals surface area contributed by atoms with Crippen molar-refractivity contribution >= 4 is 0 Å². The summed E-state index contributed by atoms with van der Waals surface area (Å²) in [7, 11) is 1.71. The molecule has 2 N–H and O–H groups in total. The van der Waals surface area contributed by atoms with E-state index in [4.69, 9.17) is 10.5 Å². The SMILES string of the molecule is COCCC(N)C(C)(C)c1ccccc1. The standard InChI is InChI=1S/C13H21NO/c1-13(2,12(14)9-10-15-3)11-7-5-4-6-8-11/h4-8,12H,9-10,14H2,1-3H3. The lowest BCUT2D eigenvalue weighted by Gasteiger charge is -2.32. The van der Waals surface area contributed by atoms with Crippen LogP contribution in [0.2, 0.25) is 0 Å². The highest BCUT2D eigenvalue weighted by molar-refractivity contribution is 5.25. The van der Waals surface area contributed by atoms with E-state index in [1.54, 1.807) is 7.11 Å². The highest BCUT2D eigenvalue weighted by Crippen LogP contribution is 2.27. The lowest BCUT2D eigenvalue weighted by molar-refractivity contribution is 0.176. The minimum absolute atomic E-state index is 0.000208. The minimum Gasteiger partial charge on any atom is -0.385 e. The molecular weight excluding hydrogens is 186 g/mol. The maximum absolute atomic E-state index is 6.19. The first kappa shape index (κ1) is 12.2. The Balaban J connectivity index is 2.73. The Morgan fingerprint density at radius 3 is 2.40 bits per heavy atom. The van der Waals surface area contributed by atoms with Gasteiger partial charge in [-0.3, -0.25) is 0 Å². The van der Waals surface area contributed by atoms with E-state index in [1.807, 2.05) is 6.07 Å². The molecule has 1 unspecified atom stereocenters. The molecule has 0 aliphatic rings. The molecule has 2 nitrogen and oxygen atoms in total. The van der Waals surface area contributed by atoms with Gasteiger partial charge in [0.1, 0.15) is 0 Å². The molecule has 0 fully saturated rings. The number of hydrogen-bond donors (Lipinski definition) is 1. The predicted molar refractivity (Wildman–Crippen MR) is 63.9 cm³/mol. The van der Waals surface area contributed by atoms with Crippen molar-refractivity contribution in [3.05, 3.63) is 35.9 Å². The highest BCUT2D eigenvalue weighted by Gasteiger charge is 2.27. The van der Waals surface area contributed by atoms with Crippen molar-refractivity contribution in [1.82, 2.24) is 0 Å². The third-order valence-corrected chi connectivity index (χ3v) is 3.08. The van der Waals surface area contributed by atoms with Gasteiger partial charge in [0.15, 0.2) is 0 Å². The van der Waals surface area contributed by atoms with Crippen molar-refractivity contribution < 1.29 is 4.74 Å². The summed E-state index contributed by atoms with van der Waals surface area (Å²) in [5.41, 5.74) is 7.48. The number of hydrogen-bond acceptors (Lipinski definition) is 2. The Morgan fingerprint density at radius 2 is 1.87 bits per heavy atom. The molecule has 2 heteroatoms. The molecule has 0 spiro atoms. The van der Waals surface area contributed by atoms with Crippen LogP contribution in [0.5, 0.6) is 0 Å². The number of methoxy groups -OCH3 is 1. The fourth-order valence-electron chi connectivity index (χ4n) is 1.69. The lowest BCUT2D eigenvalue weighted by atomic mass is 9.77. The molecule has 1 rings (SSSR count). The van der Waals surface area contributed by atoms with Gasteiger partial charge in [-0.2, -0.15) is 0 Å². The summed E-state index contributed by atoms with van der Waals surface area (Å²) in [6.07, 6.45) is 0.887. The Hall–Kier alpha value is -0.860. The van der Waals surface area contributed by atoms with Crippen molar-refractivity contribution in [3.8, 4) is 0 Å². The molecule has 0 aliphatic carbocycles. The zero-order valence-corrected chi connectivity index (χ0v) is 9.86. The van der Waals surface area contributed by atoms with Crippen LogP contribution in [0, 0.1) is 0 Å². The molecule has 0 radical (unpaired) electrons. The van der Waals surface area contributed by atoms with E-state index in [2.05, 4.69) is 38.1 Å². The summed E-state index contributed by atoms with van der Waals surface area (Å²) >= 11 is 0. The van der Waals surface area contributed by atoms with E-state index in [9.17, 15) is 0 Å². The van der Waals surface area contributed by atoms with Gasteiger partial charge in [-0.05, 0) is 12.0 Å². The molecule has 0 heterocycles. The largest absolute Gasteiger partial charge is 0.385 e. The average Bonchev–Trinajstić information content (AvgIpc) is 2.27. The summed E-state index contributed by atoms with van der Waals surface area (Å²) < 4.78 is 5.06. The van der Waals surface area contributed by atoms with Gasteiger partial charge in [0.25, 0.3) is 0 Å². The van der Waals surface area contributed by atoms with Crippen LogP contribution >= 0.6 is 0 Å². The molecule has 15 heavy (non-hydrogen) atoms. The van der Waals surface area contributed by atoms with E-state index in [0.29, 0.717) is 0 Å². The zero-order chi connectivity index (χ0) is 11.3.